The van der Waals surface area contributed by atoms with Crippen LogP contribution in [0.15, 0.2) is 41.9 Å². The average Bonchev–Trinajstić information content (AvgIpc) is 3.07. The highest BCUT2D eigenvalue weighted by molar-refractivity contribution is 7.13. The van der Waals surface area contributed by atoms with Crippen molar-refractivity contribution >= 4 is 17.2 Å². The first-order chi connectivity index (χ1) is 9.33. The molecule has 0 aliphatic heterocycles. The molecule has 0 atom stereocenters. The number of halogens is 1. The van der Waals surface area contributed by atoms with E-state index in [0.717, 1.165) is 16.1 Å². The number of pyridine rings is 1. The van der Waals surface area contributed by atoms with Gasteiger partial charge in [0.15, 0.2) is 0 Å². The Bertz CT molecular complexity index is 663. The zero-order chi connectivity index (χ0) is 13.1. The highest BCUT2D eigenvalue weighted by atomic mass is 32.1. The van der Waals surface area contributed by atoms with Gasteiger partial charge in [-0.3, -0.25) is 5.10 Å². The predicted octanol–water partition coefficient (Wildman–Crippen LogP) is 3.28. The third-order valence-corrected chi connectivity index (χ3v) is 3.55. The van der Waals surface area contributed by atoms with Crippen molar-refractivity contribution < 1.29 is 4.39 Å². The van der Waals surface area contributed by atoms with E-state index in [1.165, 1.54) is 6.07 Å². The van der Waals surface area contributed by atoms with E-state index >= 15 is 0 Å². The van der Waals surface area contributed by atoms with Gasteiger partial charge in [0.1, 0.15) is 5.82 Å². The summed E-state index contributed by atoms with van der Waals surface area (Å²) in [6, 6.07) is 8.70. The molecular formula is C13H11FN4S. The van der Waals surface area contributed by atoms with E-state index in [-0.39, 0.29) is 0 Å². The summed E-state index contributed by atoms with van der Waals surface area (Å²) in [7, 11) is 0. The first kappa shape index (κ1) is 11.9. The summed E-state index contributed by atoms with van der Waals surface area (Å²) in [5.74, 6) is 0.0222. The quantitative estimate of drug-likeness (QED) is 0.718. The molecule has 0 fully saturated rings. The molecular weight excluding hydrogens is 263 g/mol. The van der Waals surface area contributed by atoms with Crippen LogP contribution in [0, 0.1) is 5.95 Å². The molecule has 0 saturated heterocycles. The van der Waals surface area contributed by atoms with Gasteiger partial charge in [-0.1, -0.05) is 12.1 Å². The number of anilines is 1. The Kier molecular flexibility index (Phi) is 3.24. The summed E-state index contributed by atoms with van der Waals surface area (Å²) < 4.78 is 13.0. The minimum atomic E-state index is -0.490. The van der Waals surface area contributed by atoms with E-state index in [0.29, 0.717) is 12.4 Å². The zero-order valence-corrected chi connectivity index (χ0v) is 10.7. The van der Waals surface area contributed by atoms with Crippen LogP contribution in [0.2, 0.25) is 0 Å². The maximum absolute atomic E-state index is 13.0. The van der Waals surface area contributed by atoms with Crippen LogP contribution in [0.1, 0.15) is 5.56 Å². The molecule has 0 bridgehead atoms. The SMILES string of the molecule is Fc1cccc(NCc2cn[nH]c2-c2cccs2)n1. The number of rotatable bonds is 4. The molecule has 96 valence electrons. The van der Waals surface area contributed by atoms with Gasteiger partial charge in [-0.15, -0.1) is 11.3 Å². The summed E-state index contributed by atoms with van der Waals surface area (Å²) >= 11 is 1.64. The minimum absolute atomic E-state index is 0.490. The average molecular weight is 274 g/mol. The van der Waals surface area contributed by atoms with E-state index in [9.17, 15) is 4.39 Å². The second-order valence-corrected chi connectivity index (χ2v) is 4.89. The van der Waals surface area contributed by atoms with Crippen LogP contribution in [-0.4, -0.2) is 15.2 Å². The van der Waals surface area contributed by atoms with Crippen LogP contribution in [-0.2, 0) is 6.54 Å². The lowest BCUT2D eigenvalue weighted by Gasteiger charge is -2.05. The minimum Gasteiger partial charge on any atom is -0.366 e. The van der Waals surface area contributed by atoms with Crippen molar-refractivity contribution in [2.24, 2.45) is 0 Å². The van der Waals surface area contributed by atoms with Crippen molar-refractivity contribution in [1.29, 1.82) is 0 Å². The van der Waals surface area contributed by atoms with Gasteiger partial charge in [-0.25, -0.2) is 4.98 Å². The number of nitrogens with one attached hydrogen (secondary N) is 2. The largest absolute Gasteiger partial charge is 0.366 e. The van der Waals surface area contributed by atoms with Gasteiger partial charge < -0.3 is 5.32 Å². The van der Waals surface area contributed by atoms with E-state index < -0.39 is 5.95 Å². The van der Waals surface area contributed by atoms with Crippen LogP contribution in [0.25, 0.3) is 10.6 Å². The highest BCUT2D eigenvalue weighted by Crippen LogP contribution is 2.26. The number of thiophene rings is 1. The number of aromatic amines is 1. The van der Waals surface area contributed by atoms with Crippen LogP contribution in [0.5, 0.6) is 0 Å². The molecule has 0 aromatic carbocycles. The van der Waals surface area contributed by atoms with Gasteiger partial charge in [-0.05, 0) is 23.6 Å². The van der Waals surface area contributed by atoms with Crippen molar-refractivity contribution in [2.45, 2.75) is 6.54 Å². The van der Waals surface area contributed by atoms with Gasteiger partial charge in [0.25, 0.3) is 0 Å². The maximum atomic E-state index is 13.0. The predicted molar refractivity (Wildman–Crippen MR) is 73.4 cm³/mol. The Morgan fingerprint density at radius 1 is 1.26 bits per heavy atom. The lowest BCUT2D eigenvalue weighted by atomic mass is 10.2. The molecule has 0 aliphatic carbocycles. The highest BCUT2D eigenvalue weighted by Gasteiger charge is 2.08. The van der Waals surface area contributed by atoms with Crippen LogP contribution in [0.4, 0.5) is 10.2 Å². The smallest absolute Gasteiger partial charge is 0.214 e. The van der Waals surface area contributed by atoms with E-state index in [1.807, 2.05) is 17.5 Å². The van der Waals surface area contributed by atoms with Gasteiger partial charge in [0, 0.05) is 12.1 Å². The fourth-order valence-corrected chi connectivity index (χ4v) is 2.53. The van der Waals surface area contributed by atoms with Crippen molar-refractivity contribution in [1.82, 2.24) is 15.2 Å². The molecule has 3 heterocycles. The Morgan fingerprint density at radius 2 is 2.21 bits per heavy atom. The second-order valence-electron chi connectivity index (χ2n) is 3.95. The fraction of sp³-hybridized carbons (Fsp3) is 0.0769. The van der Waals surface area contributed by atoms with Gasteiger partial charge >= 0.3 is 0 Å². The van der Waals surface area contributed by atoms with Gasteiger partial charge in [-0.2, -0.15) is 9.49 Å². The standard InChI is InChI=1S/C13H11FN4S/c14-11-4-1-5-12(17-11)15-7-9-8-16-18-13(9)10-3-2-6-19-10/h1-6,8H,7H2,(H,15,17)(H,16,18). The van der Waals surface area contributed by atoms with Crippen molar-refractivity contribution in [2.75, 3.05) is 5.32 Å². The summed E-state index contributed by atoms with van der Waals surface area (Å²) in [6.45, 7) is 0.542. The molecule has 6 heteroatoms. The summed E-state index contributed by atoms with van der Waals surface area (Å²) in [5.41, 5.74) is 2.01. The molecule has 19 heavy (non-hydrogen) atoms. The third kappa shape index (κ3) is 2.63. The Balaban J connectivity index is 1.76. The molecule has 3 rings (SSSR count). The molecule has 0 spiro atoms. The molecule has 0 saturated carbocycles. The summed E-state index contributed by atoms with van der Waals surface area (Å²) in [4.78, 5) is 4.89. The molecule has 0 radical (unpaired) electrons. The second kappa shape index (κ2) is 5.19. The Labute approximate surface area is 113 Å². The first-order valence-corrected chi connectivity index (χ1v) is 6.63. The normalized spacial score (nSPS) is 10.6. The monoisotopic (exact) mass is 274 g/mol. The summed E-state index contributed by atoms with van der Waals surface area (Å²) in [6.07, 6.45) is 1.77. The number of hydrogen-bond acceptors (Lipinski definition) is 4. The Morgan fingerprint density at radius 3 is 3.00 bits per heavy atom. The fourth-order valence-electron chi connectivity index (χ4n) is 1.77. The lowest BCUT2D eigenvalue weighted by molar-refractivity contribution is 0.585. The number of hydrogen-bond donors (Lipinski definition) is 2. The molecule has 3 aromatic rings. The molecule has 0 amide bonds. The summed E-state index contributed by atoms with van der Waals surface area (Å²) in [5, 5.41) is 12.1. The van der Waals surface area contributed by atoms with Crippen molar-refractivity contribution in [3.8, 4) is 10.6 Å². The number of nitrogens with zero attached hydrogens (tertiary/aromatic N) is 2. The topological polar surface area (TPSA) is 53.6 Å². The third-order valence-electron chi connectivity index (χ3n) is 2.66. The molecule has 2 N–H and O–H groups in total. The lowest BCUT2D eigenvalue weighted by Crippen LogP contribution is -2.02. The first-order valence-electron chi connectivity index (χ1n) is 5.75. The van der Waals surface area contributed by atoms with Crippen LogP contribution >= 0.6 is 11.3 Å². The van der Waals surface area contributed by atoms with Crippen molar-refractivity contribution in [3.05, 3.63) is 53.4 Å². The molecule has 4 nitrogen and oxygen atoms in total. The number of aromatic nitrogens is 3. The van der Waals surface area contributed by atoms with Crippen LogP contribution < -0.4 is 5.32 Å². The molecule has 0 unspecified atom stereocenters. The van der Waals surface area contributed by atoms with E-state index in [1.54, 1.807) is 29.7 Å². The molecule has 0 aliphatic rings. The molecule has 3 aromatic heterocycles. The van der Waals surface area contributed by atoms with E-state index in [4.69, 9.17) is 0 Å². The van der Waals surface area contributed by atoms with Gasteiger partial charge in [0.05, 0.1) is 16.8 Å². The zero-order valence-electron chi connectivity index (χ0n) is 9.93. The van der Waals surface area contributed by atoms with Gasteiger partial charge in [0.2, 0.25) is 5.95 Å². The van der Waals surface area contributed by atoms with E-state index in [2.05, 4.69) is 20.5 Å². The Hall–Kier alpha value is -2.21. The maximum Gasteiger partial charge on any atom is 0.214 e. The number of H-pyrrole nitrogens is 1. The van der Waals surface area contributed by atoms with Crippen LogP contribution in [0.3, 0.4) is 0 Å². The van der Waals surface area contributed by atoms with Crippen molar-refractivity contribution in [3.63, 3.8) is 0 Å².